The summed E-state index contributed by atoms with van der Waals surface area (Å²) in [4.78, 5) is 49.5. The smallest absolute Gasteiger partial charge is 0.272 e. The molecule has 9 heteroatoms. The Morgan fingerprint density at radius 1 is 1.09 bits per heavy atom. The first kappa shape index (κ1) is 22.9. The van der Waals surface area contributed by atoms with Crippen molar-refractivity contribution in [3.05, 3.63) is 75.3 Å². The Morgan fingerprint density at radius 2 is 1.81 bits per heavy atom. The van der Waals surface area contributed by atoms with Gasteiger partial charge in [0, 0.05) is 36.8 Å². The number of nitro groups is 1. The standard InChI is InChI=1S/C23H26N4O5/c1-16-14-18(9-10-19(16)27(31)32)23(30)26-13-5-8-20(26)22(29)25-12-11-24-21(28)15-17-6-3-2-4-7-17/h2-4,6-7,9-10,14,20H,5,8,11-13,15H2,1H3,(H,24,28)(H,25,29). The summed E-state index contributed by atoms with van der Waals surface area (Å²) in [6, 6.07) is 13.0. The minimum Gasteiger partial charge on any atom is -0.354 e. The SMILES string of the molecule is Cc1cc(C(=O)N2CCCC2C(=O)NCCNC(=O)Cc2ccccc2)ccc1[N+](=O)[O-]. The molecule has 1 atom stereocenters. The second kappa shape index (κ2) is 10.5. The van der Waals surface area contributed by atoms with Crippen molar-refractivity contribution in [3.63, 3.8) is 0 Å². The molecule has 3 amide bonds. The maximum atomic E-state index is 12.9. The molecular formula is C23H26N4O5. The Morgan fingerprint density at radius 3 is 2.50 bits per heavy atom. The van der Waals surface area contributed by atoms with Crippen molar-refractivity contribution in [2.45, 2.75) is 32.2 Å². The van der Waals surface area contributed by atoms with Crippen LogP contribution in [0.5, 0.6) is 0 Å². The lowest BCUT2D eigenvalue weighted by molar-refractivity contribution is -0.385. The van der Waals surface area contributed by atoms with E-state index < -0.39 is 11.0 Å². The number of likely N-dealkylation sites (tertiary alicyclic amines) is 1. The van der Waals surface area contributed by atoms with Crippen molar-refractivity contribution in [2.24, 2.45) is 0 Å². The zero-order valence-electron chi connectivity index (χ0n) is 17.9. The highest BCUT2D eigenvalue weighted by molar-refractivity contribution is 5.98. The molecule has 1 saturated heterocycles. The molecule has 0 aliphatic carbocycles. The molecule has 2 aromatic rings. The predicted octanol–water partition coefficient (Wildman–Crippen LogP) is 1.98. The van der Waals surface area contributed by atoms with Gasteiger partial charge >= 0.3 is 0 Å². The Hall–Kier alpha value is -3.75. The zero-order valence-corrected chi connectivity index (χ0v) is 17.9. The van der Waals surface area contributed by atoms with Crippen LogP contribution in [0.15, 0.2) is 48.5 Å². The van der Waals surface area contributed by atoms with Gasteiger partial charge in [-0.05, 0) is 37.5 Å². The minimum absolute atomic E-state index is 0.0495. The van der Waals surface area contributed by atoms with Gasteiger partial charge in [-0.2, -0.15) is 0 Å². The van der Waals surface area contributed by atoms with Gasteiger partial charge < -0.3 is 15.5 Å². The number of nitrogens with one attached hydrogen (secondary N) is 2. The van der Waals surface area contributed by atoms with E-state index in [1.165, 1.54) is 23.1 Å². The molecule has 9 nitrogen and oxygen atoms in total. The summed E-state index contributed by atoms with van der Waals surface area (Å²) in [5.41, 5.74) is 1.58. The zero-order chi connectivity index (χ0) is 23.1. The number of nitrogens with zero attached hydrogens (tertiary/aromatic N) is 2. The highest BCUT2D eigenvalue weighted by Gasteiger charge is 2.34. The number of carbonyl (C=O) groups excluding carboxylic acids is 3. The minimum atomic E-state index is -0.599. The second-order valence-electron chi connectivity index (χ2n) is 7.72. The number of nitro benzene ring substituents is 1. The lowest BCUT2D eigenvalue weighted by Crippen LogP contribution is -2.47. The van der Waals surface area contributed by atoms with Crippen molar-refractivity contribution >= 4 is 23.4 Å². The van der Waals surface area contributed by atoms with Crippen LogP contribution in [0.25, 0.3) is 0 Å². The van der Waals surface area contributed by atoms with E-state index in [9.17, 15) is 24.5 Å². The highest BCUT2D eigenvalue weighted by atomic mass is 16.6. The fraction of sp³-hybridized carbons (Fsp3) is 0.348. The lowest BCUT2D eigenvalue weighted by Gasteiger charge is -2.24. The maximum absolute atomic E-state index is 12.9. The third-order valence-electron chi connectivity index (χ3n) is 5.41. The van der Waals surface area contributed by atoms with Crippen molar-refractivity contribution in [3.8, 4) is 0 Å². The molecule has 0 spiro atoms. The monoisotopic (exact) mass is 438 g/mol. The summed E-state index contributed by atoms with van der Waals surface area (Å²) in [6.07, 6.45) is 1.52. The number of carbonyl (C=O) groups is 3. The Bertz CT molecular complexity index is 1010. The van der Waals surface area contributed by atoms with Crippen LogP contribution in [0.4, 0.5) is 5.69 Å². The van der Waals surface area contributed by atoms with E-state index in [0.717, 1.165) is 5.56 Å². The van der Waals surface area contributed by atoms with Crippen LogP contribution in [0.3, 0.4) is 0 Å². The van der Waals surface area contributed by atoms with Crippen LogP contribution in [-0.4, -0.2) is 53.2 Å². The molecule has 2 aromatic carbocycles. The van der Waals surface area contributed by atoms with E-state index in [-0.39, 0.29) is 36.4 Å². The number of benzene rings is 2. The number of amides is 3. The quantitative estimate of drug-likeness (QED) is 0.371. The molecule has 1 heterocycles. The van der Waals surface area contributed by atoms with Gasteiger partial charge in [0.2, 0.25) is 11.8 Å². The molecule has 1 aliphatic rings. The molecule has 1 unspecified atom stereocenters. The molecule has 0 radical (unpaired) electrons. The Balaban J connectivity index is 1.49. The van der Waals surface area contributed by atoms with E-state index >= 15 is 0 Å². The van der Waals surface area contributed by atoms with Crippen molar-refractivity contribution in [1.82, 2.24) is 15.5 Å². The Labute approximate surface area is 185 Å². The average molecular weight is 438 g/mol. The molecule has 32 heavy (non-hydrogen) atoms. The van der Waals surface area contributed by atoms with Gasteiger partial charge in [-0.1, -0.05) is 30.3 Å². The van der Waals surface area contributed by atoms with Crippen LogP contribution in [0, 0.1) is 17.0 Å². The number of rotatable bonds is 8. The van der Waals surface area contributed by atoms with Crippen molar-refractivity contribution < 1.29 is 19.3 Å². The summed E-state index contributed by atoms with van der Waals surface area (Å²) in [7, 11) is 0. The van der Waals surface area contributed by atoms with Crippen LogP contribution in [0.1, 0.15) is 34.3 Å². The van der Waals surface area contributed by atoms with Gasteiger partial charge in [0.1, 0.15) is 6.04 Å². The number of hydrogen-bond donors (Lipinski definition) is 2. The molecule has 3 rings (SSSR count). The van der Waals surface area contributed by atoms with E-state index in [1.807, 2.05) is 30.3 Å². The highest BCUT2D eigenvalue weighted by Crippen LogP contribution is 2.24. The first-order valence-corrected chi connectivity index (χ1v) is 10.5. The molecule has 168 valence electrons. The van der Waals surface area contributed by atoms with Crippen LogP contribution in [0.2, 0.25) is 0 Å². The van der Waals surface area contributed by atoms with Gasteiger partial charge in [-0.3, -0.25) is 24.5 Å². The fourth-order valence-electron chi connectivity index (χ4n) is 3.79. The molecule has 1 aliphatic heterocycles. The van der Waals surface area contributed by atoms with Gasteiger partial charge in [0.25, 0.3) is 11.6 Å². The number of aryl methyl sites for hydroxylation is 1. The molecule has 1 fully saturated rings. The topological polar surface area (TPSA) is 122 Å². The third-order valence-corrected chi connectivity index (χ3v) is 5.41. The van der Waals surface area contributed by atoms with E-state index in [1.54, 1.807) is 6.92 Å². The number of hydrogen-bond acceptors (Lipinski definition) is 5. The van der Waals surface area contributed by atoms with E-state index in [4.69, 9.17) is 0 Å². The summed E-state index contributed by atoms with van der Waals surface area (Å²) in [6.45, 7) is 2.57. The summed E-state index contributed by atoms with van der Waals surface area (Å²) in [5, 5.41) is 16.5. The summed E-state index contributed by atoms with van der Waals surface area (Å²) in [5.74, 6) is -0.722. The first-order valence-electron chi connectivity index (χ1n) is 10.5. The molecule has 0 aromatic heterocycles. The second-order valence-corrected chi connectivity index (χ2v) is 7.72. The molecule has 2 N–H and O–H groups in total. The van der Waals surface area contributed by atoms with Gasteiger partial charge in [0.15, 0.2) is 0 Å². The molecule has 0 saturated carbocycles. The summed E-state index contributed by atoms with van der Waals surface area (Å²) >= 11 is 0. The van der Waals surface area contributed by atoms with Crippen LogP contribution in [-0.2, 0) is 16.0 Å². The van der Waals surface area contributed by atoms with Gasteiger partial charge in [-0.25, -0.2) is 0 Å². The fourth-order valence-corrected chi connectivity index (χ4v) is 3.79. The van der Waals surface area contributed by atoms with E-state index in [0.29, 0.717) is 37.1 Å². The maximum Gasteiger partial charge on any atom is 0.272 e. The predicted molar refractivity (Wildman–Crippen MR) is 118 cm³/mol. The van der Waals surface area contributed by atoms with E-state index in [2.05, 4.69) is 10.6 Å². The van der Waals surface area contributed by atoms with Crippen molar-refractivity contribution in [2.75, 3.05) is 19.6 Å². The van der Waals surface area contributed by atoms with Crippen LogP contribution < -0.4 is 10.6 Å². The van der Waals surface area contributed by atoms with Gasteiger partial charge in [-0.15, -0.1) is 0 Å². The van der Waals surface area contributed by atoms with Crippen molar-refractivity contribution in [1.29, 1.82) is 0 Å². The molecule has 0 bridgehead atoms. The summed E-state index contributed by atoms with van der Waals surface area (Å²) < 4.78 is 0. The Kier molecular flexibility index (Phi) is 7.54. The molecular weight excluding hydrogens is 412 g/mol. The largest absolute Gasteiger partial charge is 0.354 e. The van der Waals surface area contributed by atoms with Gasteiger partial charge in [0.05, 0.1) is 11.3 Å². The lowest BCUT2D eigenvalue weighted by atomic mass is 10.1. The third kappa shape index (κ3) is 5.69. The first-order chi connectivity index (χ1) is 15.4. The average Bonchev–Trinajstić information content (AvgIpc) is 3.26. The van der Waals surface area contributed by atoms with Crippen LogP contribution >= 0.6 is 0 Å². The normalized spacial score (nSPS) is 15.3.